The molecule has 13 heavy (non-hydrogen) atoms. The van der Waals surface area contributed by atoms with Crippen molar-refractivity contribution in [1.29, 1.82) is 5.26 Å². The van der Waals surface area contributed by atoms with Crippen LogP contribution in [0.4, 0.5) is 3.89 Å². The molecule has 0 bridgehead atoms. The summed E-state index contributed by atoms with van der Waals surface area (Å²) in [6.45, 7) is 1.38. The Morgan fingerprint density at radius 1 is 1.62 bits per heavy atom. The second kappa shape index (κ2) is 3.11. The number of nitrogens with zero attached hydrogens (tertiary/aromatic N) is 2. The topological polar surface area (TPSA) is 70.8 Å². The highest BCUT2D eigenvalue weighted by molar-refractivity contribution is 7.86. The summed E-state index contributed by atoms with van der Waals surface area (Å²) in [6.07, 6.45) is 1.01. The molecule has 0 saturated heterocycles. The molecule has 1 aromatic rings. The van der Waals surface area contributed by atoms with Gasteiger partial charge < -0.3 is 0 Å². The van der Waals surface area contributed by atoms with Gasteiger partial charge in [0.1, 0.15) is 6.07 Å². The van der Waals surface area contributed by atoms with Crippen LogP contribution in [-0.2, 0) is 10.2 Å². The van der Waals surface area contributed by atoms with E-state index in [0.29, 0.717) is 0 Å². The molecule has 4 nitrogen and oxygen atoms in total. The third-order valence-electron chi connectivity index (χ3n) is 1.39. The minimum Gasteiger partial charge on any atom is -0.241 e. The van der Waals surface area contributed by atoms with Crippen molar-refractivity contribution in [2.75, 3.05) is 0 Å². The van der Waals surface area contributed by atoms with E-state index in [4.69, 9.17) is 5.26 Å². The van der Waals surface area contributed by atoms with Crippen LogP contribution in [0.1, 0.15) is 11.1 Å². The van der Waals surface area contributed by atoms with Gasteiger partial charge in [-0.05, 0) is 18.6 Å². The Morgan fingerprint density at radius 2 is 2.23 bits per heavy atom. The van der Waals surface area contributed by atoms with Gasteiger partial charge in [-0.3, -0.25) is 0 Å². The second-order valence-corrected chi connectivity index (χ2v) is 3.66. The summed E-state index contributed by atoms with van der Waals surface area (Å²) in [4.78, 5) is 3.33. The third kappa shape index (κ3) is 2.00. The van der Waals surface area contributed by atoms with E-state index in [-0.39, 0.29) is 11.1 Å². The molecule has 68 valence electrons. The fourth-order valence-corrected chi connectivity index (χ4v) is 1.50. The number of aryl methyl sites for hydroxylation is 1. The molecule has 0 N–H and O–H groups in total. The van der Waals surface area contributed by atoms with Crippen molar-refractivity contribution < 1.29 is 12.3 Å². The molecule has 0 unspecified atom stereocenters. The minimum absolute atomic E-state index is 0.126. The number of rotatable bonds is 1. The number of pyridine rings is 1. The number of aromatic nitrogens is 1. The van der Waals surface area contributed by atoms with Gasteiger partial charge in [0.2, 0.25) is 0 Å². The van der Waals surface area contributed by atoms with Crippen LogP contribution in [0, 0.1) is 18.3 Å². The second-order valence-electron chi connectivity index (χ2n) is 2.40. The first-order valence-electron chi connectivity index (χ1n) is 3.26. The maximum atomic E-state index is 12.4. The molecule has 0 aromatic carbocycles. The molecule has 0 fully saturated rings. The van der Waals surface area contributed by atoms with Crippen LogP contribution in [0.25, 0.3) is 0 Å². The summed E-state index contributed by atoms with van der Waals surface area (Å²) < 4.78 is 33.3. The lowest BCUT2D eigenvalue weighted by molar-refractivity contribution is 0.547. The quantitative estimate of drug-likeness (QED) is 0.632. The highest BCUT2D eigenvalue weighted by Gasteiger charge is 2.16. The lowest BCUT2D eigenvalue weighted by Gasteiger charge is -1.98. The number of hydrogen-bond donors (Lipinski definition) is 0. The number of halogens is 1. The summed E-state index contributed by atoms with van der Waals surface area (Å²) in [5, 5.41) is 7.79. The largest absolute Gasteiger partial charge is 0.350 e. The van der Waals surface area contributed by atoms with E-state index in [1.165, 1.54) is 13.0 Å². The molecule has 0 amide bonds. The summed E-state index contributed by atoms with van der Waals surface area (Å²) in [6, 6.07) is 3.03. The predicted octanol–water partition coefficient (Wildman–Crippen LogP) is 0.920. The van der Waals surface area contributed by atoms with Crippen LogP contribution in [0.2, 0.25) is 0 Å². The van der Waals surface area contributed by atoms with E-state index in [2.05, 4.69) is 4.98 Å². The normalized spacial score (nSPS) is 10.8. The van der Waals surface area contributed by atoms with Gasteiger partial charge in [0, 0.05) is 6.20 Å². The molecule has 6 heteroatoms. The summed E-state index contributed by atoms with van der Waals surface area (Å²) in [5.41, 5.74) is 0.325. The highest BCUT2D eigenvalue weighted by atomic mass is 32.3. The first-order chi connectivity index (χ1) is 5.95. The van der Waals surface area contributed by atoms with Gasteiger partial charge >= 0.3 is 10.2 Å². The van der Waals surface area contributed by atoms with Crippen molar-refractivity contribution in [2.45, 2.75) is 11.9 Å². The van der Waals surface area contributed by atoms with Gasteiger partial charge in [-0.1, -0.05) is 3.89 Å². The summed E-state index contributed by atoms with van der Waals surface area (Å²) >= 11 is 0. The third-order valence-corrected chi connectivity index (χ3v) is 2.28. The zero-order valence-corrected chi connectivity index (χ0v) is 7.47. The molecular weight excluding hydrogens is 195 g/mol. The standard InChI is InChI=1S/C7H5FN2O2S/c1-5-2-6(3-9)4-10-7(5)13(8,11)12/h2,4H,1H3. The lowest BCUT2D eigenvalue weighted by atomic mass is 10.2. The molecule has 1 rings (SSSR count). The van der Waals surface area contributed by atoms with Crippen molar-refractivity contribution in [3.8, 4) is 6.07 Å². The summed E-state index contributed by atoms with van der Waals surface area (Å²) in [7, 11) is -4.78. The Labute approximate surface area is 74.9 Å². The van der Waals surface area contributed by atoms with E-state index >= 15 is 0 Å². The molecular formula is C7H5FN2O2S. The Morgan fingerprint density at radius 3 is 2.62 bits per heavy atom. The van der Waals surface area contributed by atoms with Crippen LogP contribution in [0.3, 0.4) is 0 Å². The number of hydrogen-bond acceptors (Lipinski definition) is 4. The molecule has 1 aromatic heterocycles. The molecule has 0 atom stereocenters. The van der Waals surface area contributed by atoms with Crippen molar-refractivity contribution >= 4 is 10.2 Å². The Bertz CT molecular complexity index is 476. The first kappa shape index (κ1) is 9.61. The van der Waals surface area contributed by atoms with Gasteiger partial charge in [0.15, 0.2) is 5.03 Å². The predicted molar refractivity (Wildman–Crippen MR) is 42.0 cm³/mol. The maximum absolute atomic E-state index is 12.4. The first-order valence-corrected chi connectivity index (χ1v) is 4.65. The molecule has 1 heterocycles. The van der Waals surface area contributed by atoms with E-state index in [1.807, 2.05) is 0 Å². The average Bonchev–Trinajstić information content (AvgIpc) is 2.01. The average molecular weight is 200 g/mol. The molecule has 0 aliphatic rings. The Kier molecular flexibility index (Phi) is 2.30. The van der Waals surface area contributed by atoms with Crippen molar-refractivity contribution in [1.82, 2.24) is 4.98 Å². The molecule has 0 aliphatic heterocycles. The van der Waals surface area contributed by atoms with E-state index in [1.54, 1.807) is 6.07 Å². The molecule has 0 radical (unpaired) electrons. The van der Waals surface area contributed by atoms with Gasteiger partial charge in [-0.25, -0.2) is 4.98 Å². The fraction of sp³-hybridized carbons (Fsp3) is 0.143. The van der Waals surface area contributed by atoms with E-state index in [9.17, 15) is 12.3 Å². The Balaban J connectivity index is 3.40. The van der Waals surface area contributed by atoms with Crippen LogP contribution in [-0.4, -0.2) is 13.4 Å². The minimum atomic E-state index is -4.78. The van der Waals surface area contributed by atoms with Crippen LogP contribution < -0.4 is 0 Å². The summed E-state index contributed by atoms with van der Waals surface area (Å²) in [5.74, 6) is 0. The monoisotopic (exact) mass is 200 g/mol. The maximum Gasteiger partial charge on any atom is 0.350 e. The Hall–Kier alpha value is -1.48. The molecule has 0 spiro atoms. The SMILES string of the molecule is Cc1cc(C#N)cnc1S(=O)(=O)F. The van der Waals surface area contributed by atoms with Crippen molar-refractivity contribution in [3.05, 3.63) is 23.4 Å². The van der Waals surface area contributed by atoms with Crippen molar-refractivity contribution in [2.24, 2.45) is 0 Å². The van der Waals surface area contributed by atoms with Crippen LogP contribution in [0.15, 0.2) is 17.3 Å². The molecule has 0 saturated carbocycles. The van der Waals surface area contributed by atoms with E-state index in [0.717, 1.165) is 6.20 Å². The smallest absolute Gasteiger partial charge is 0.241 e. The van der Waals surface area contributed by atoms with Gasteiger partial charge in [0.05, 0.1) is 5.56 Å². The number of nitriles is 1. The zero-order chi connectivity index (χ0) is 10.1. The molecule has 0 aliphatic carbocycles. The van der Waals surface area contributed by atoms with Gasteiger partial charge in [-0.15, -0.1) is 0 Å². The lowest BCUT2D eigenvalue weighted by Crippen LogP contribution is -1.99. The fourth-order valence-electron chi connectivity index (χ4n) is 0.879. The van der Waals surface area contributed by atoms with Crippen LogP contribution >= 0.6 is 0 Å². The van der Waals surface area contributed by atoms with Gasteiger partial charge in [-0.2, -0.15) is 13.7 Å². The van der Waals surface area contributed by atoms with Gasteiger partial charge in [0.25, 0.3) is 0 Å². The van der Waals surface area contributed by atoms with Crippen molar-refractivity contribution in [3.63, 3.8) is 0 Å². The van der Waals surface area contributed by atoms with Crippen LogP contribution in [0.5, 0.6) is 0 Å². The zero-order valence-electron chi connectivity index (χ0n) is 6.65. The highest BCUT2D eigenvalue weighted by Crippen LogP contribution is 2.14. The van der Waals surface area contributed by atoms with E-state index < -0.39 is 15.2 Å².